The molecule has 6 nitrogen and oxygen atoms in total. The molecule has 1 aromatic heterocycles. The minimum atomic E-state index is -3.87. The molecule has 124 valence electrons. The Morgan fingerprint density at radius 1 is 1.12 bits per heavy atom. The predicted octanol–water partition coefficient (Wildman–Crippen LogP) is 2.85. The Morgan fingerprint density at radius 3 is 2.46 bits per heavy atom. The van der Waals surface area contributed by atoms with Gasteiger partial charge >= 0.3 is 0 Å². The molecular formula is C16H14N2O4S2. The van der Waals surface area contributed by atoms with Crippen molar-refractivity contribution in [2.75, 3.05) is 0 Å². The van der Waals surface area contributed by atoms with E-state index in [1.165, 1.54) is 12.1 Å². The van der Waals surface area contributed by atoms with E-state index in [1.807, 2.05) is 6.92 Å². The summed E-state index contributed by atoms with van der Waals surface area (Å²) in [5.74, 6) is 0.834. The fourth-order valence-electron chi connectivity index (χ4n) is 2.00. The first-order valence-corrected chi connectivity index (χ1v) is 9.28. The Kier molecular flexibility index (Phi) is 4.33. The normalized spacial score (nSPS) is 18.3. The minimum Gasteiger partial charge on any atom is -0.462 e. The standard InChI is InChI=1S/C16H14N2O4S2/c1-10-3-7-13(8-4-10)24(20,21)18-16-17-15(19)14(23-16)9-12-6-5-11(2)22-12/h3-9H,1-2H3,(H,17,18,19)/b14-9-. The van der Waals surface area contributed by atoms with Crippen molar-refractivity contribution in [3.63, 3.8) is 0 Å². The van der Waals surface area contributed by atoms with Crippen LogP contribution in [0.25, 0.3) is 6.08 Å². The van der Waals surface area contributed by atoms with Gasteiger partial charge in [-0.05, 0) is 49.9 Å². The summed E-state index contributed by atoms with van der Waals surface area (Å²) in [4.78, 5) is 12.3. The van der Waals surface area contributed by atoms with E-state index < -0.39 is 15.9 Å². The molecule has 1 saturated heterocycles. The number of thioether (sulfide) groups is 1. The Bertz CT molecular complexity index is 954. The Morgan fingerprint density at radius 2 is 1.83 bits per heavy atom. The van der Waals surface area contributed by atoms with Crippen LogP contribution in [0.1, 0.15) is 17.1 Å². The molecule has 1 fully saturated rings. The van der Waals surface area contributed by atoms with Crippen molar-refractivity contribution in [2.24, 2.45) is 4.40 Å². The monoisotopic (exact) mass is 362 g/mol. The zero-order valence-corrected chi connectivity index (χ0v) is 14.6. The van der Waals surface area contributed by atoms with E-state index >= 15 is 0 Å². The molecule has 1 aromatic carbocycles. The smallest absolute Gasteiger partial charge is 0.284 e. The molecule has 0 bridgehead atoms. The fraction of sp³-hybridized carbons (Fsp3) is 0.125. The second-order valence-corrected chi connectivity index (χ2v) is 7.83. The first-order valence-electron chi connectivity index (χ1n) is 7.02. The summed E-state index contributed by atoms with van der Waals surface area (Å²) >= 11 is 0.959. The van der Waals surface area contributed by atoms with Crippen LogP contribution in [0.4, 0.5) is 0 Å². The van der Waals surface area contributed by atoms with Gasteiger partial charge in [0.1, 0.15) is 11.5 Å². The van der Waals surface area contributed by atoms with Gasteiger partial charge in [0.2, 0.25) is 0 Å². The van der Waals surface area contributed by atoms with Crippen LogP contribution in [0.3, 0.4) is 0 Å². The van der Waals surface area contributed by atoms with Gasteiger partial charge in [-0.1, -0.05) is 17.7 Å². The van der Waals surface area contributed by atoms with E-state index in [0.717, 1.165) is 23.1 Å². The quantitative estimate of drug-likeness (QED) is 0.848. The van der Waals surface area contributed by atoms with Crippen LogP contribution in [-0.4, -0.2) is 19.5 Å². The first-order chi connectivity index (χ1) is 11.3. The molecule has 0 saturated carbocycles. The van der Waals surface area contributed by atoms with Gasteiger partial charge in [-0.25, -0.2) is 0 Å². The van der Waals surface area contributed by atoms with Gasteiger partial charge < -0.3 is 4.42 Å². The van der Waals surface area contributed by atoms with Gasteiger partial charge in [-0.2, -0.15) is 8.42 Å². The lowest BCUT2D eigenvalue weighted by Crippen LogP contribution is -2.20. The summed E-state index contributed by atoms with van der Waals surface area (Å²) in [5.41, 5.74) is 0.948. The third kappa shape index (κ3) is 3.60. The van der Waals surface area contributed by atoms with Gasteiger partial charge in [0.15, 0.2) is 5.17 Å². The zero-order valence-electron chi connectivity index (χ0n) is 12.9. The number of amidine groups is 1. The SMILES string of the molecule is Cc1ccc(S(=O)(=O)N=C2NC(=O)/C(=C/c3ccc(C)o3)S2)cc1. The van der Waals surface area contributed by atoms with Crippen molar-refractivity contribution in [1.29, 1.82) is 0 Å². The minimum absolute atomic E-state index is 0.0232. The Labute approximate surface area is 143 Å². The van der Waals surface area contributed by atoms with Gasteiger partial charge in [-0.15, -0.1) is 4.40 Å². The molecular weight excluding hydrogens is 348 g/mol. The third-order valence-electron chi connectivity index (χ3n) is 3.21. The maximum absolute atomic E-state index is 12.3. The van der Waals surface area contributed by atoms with Gasteiger partial charge in [0, 0.05) is 6.08 Å². The van der Waals surface area contributed by atoms with Crippen molar-refractivity contribution in [3.8, 4) is 0 Å². The summed E-state index contributed by atoms with van der Waals surface area (Å²) < 4.78 is 33.7. The molecule has 0 aliphatic carbocycles. The third-order valence-corrected chi connectivity index (χ3v) is 5.52. The van der Waals surface area contributed by atoms with Crippen molar-refractivity contribution in [1.82, 2.24) is 5.32 Å². The van der Waals surface area contributed by atoms with Crippen molar-refractivity contribution >= 4 is 38.9 Å². The maximum atomic E-state index is 12.3. The average Bonchev–Trinajstić information content (AvgIpc) is 3.05. The highest BCUT2D eigenvalue weighted by Gasteiger charge is 2.26. The number of aryl methyl sites for hydroxylation is 2. The largest absolute Gasteiger partial charge is 0.462 e. The lowest BCUT2D eigenvalue weighted by molar-refractivity contribution is -0.115. The molecule has 1 aliphatic heterocycles. The van der Waals surface area contributed by atoms with Gasteiger partial charge in [-0.3, -0.25) is 10.1 Å². The number of furan rings is 1. The molecule has 3 rings (SSSR count). The summed E-state index contributed by atoms with van der Waals surface area (Å²) in [6.45, 7) is 3.66. The van der Waals surface area contributed by atoms with Crippen LogP contribution in [0.15, 0.2) is 55.0 Å². The van der Waals surface area contributed by atoms with Crippen molar-refractivity contribution in [3.05, 3.63) is 58.4 Å². The number of nitrogens with one attached hydrogen (secondary N) is 1. The van der Waals surface area contributed by atoms with Crippen LogP contribution in [0.5, 0.6) is 0 Å². The molecule has 1 aliphatic rings. The maximum Gasteiger partial charge on any atom is 0.284 e. The van der Waals surface area contributed by atoms with E-state index in [9.17, 15) is 13.2 Å². The molecule has 1 N–H and O–H groups in total. The van der Waals surface area contributed by atoms with Crippen molar-refractivity contribution < 1.29 is 17.6 Å². The van der Waals surface area contributed by atoms with Crippen LogP contribution < -0.4 is 5.32 Å². The average molecular weight is 362 g/mol. The van der Waals surface area contributed by atoms with Gasteiger partial charge in [0.25, 0.3) is 15.9 Å². The number of rotatable bonds is 3. The summed E-state index contributed by atoms with van der Waals surface area (Å²) in [5, 5.41) is 2.48. The molecule has 0 atom stereocenters. The molecule has 0 unspecified atom stereocenters. The summed E-state index contributed by atoms with van der Waals surface area (Å²) in [6, 6.07) is 9.86. The van der Waals surface area contributed by atoms with Crippen LogP contribution in [0, 0.1) is 13.8 Å². The number of hydrogen-bond donors (Lipinski definition) is 1. The van der Waals surface area contributed by atoms with E-state index in [2.05, 4.69) is 9.71 Å². The molecule has 24 heavy (non-hydrogen) atoms. The van der Waals surface area contributed by atoms with Gasteiger partial charge in [0.05, 0.1) is 9.80 Å². The number of amides is 1. The first kappa shape index (κ1) is 16.5. The topological polar surface area (TPSA) is 88.7 Å². The predicted molar refractivity (Wildman–Crippen MR) is 93.0 cm³/mol. The molecule has 0 spiro atoms. The van der Waals surface area contributed by atoms with Crippen molar-refractivity contribution in [2.45, 2.75) is 18.7 Å². The molecule has 0 radical (unpaired) electrons. The highest BCUT2D eigenvalue weighted by atomic mass is 32.2. The fourth-order valence-corrected chi connectivity index (χ4v) is 3.97. The van der Waals surface area contributed by atoms with E-state index in [0.29, 0.717) is 10.7 Å². The lowest BCUT2D eigenvalue weighted by atomic mass is 10.2. The number of carbonyl (C=O) groups excluding carboxylic acids is 1. The molecule has 2 heterocycles. The van der Waals surface area contributed by atoms with Crippen LogP contribution in [0.2, 0.25) is 0 Å². The van der Waals surface area contributed by atoms with E-state index in [4.69, 9.17) is 4.42 Å². The summed E-state index contributed by atoms with van der Waals surface area (Å²) in [6.07, 6.45) is 1.55. The molecule has 1 amide bonds. The highest BCUT2D eigenvalue weighted by Crippen LogP contribution is 2.28. The Hall–Kier alpha value is -2.32. The second-order valence-electron chi connectivity index (χ2n) is 5.20. The van der Waals surface area contributed by atoms with Crippen LogP contribution in [-0.2, 0) is 14.8 Å². The molecule has 2 aromatic rings. The number of sulfonamides is 1. The lowest BCUT2D eigenvalue weighted by Gasteiger charge is -2.00. The van der Waals surface area contributed by atoms with Crippen LogP contribution >= 0.6 is 11.8 Å². The van der Waals surface area contributed by atoms with E-state index in [-0.39, 0.29) is 10.1 Å². The Balaban J connectivity index is 1.86. The number of benzene rings is 1. The number of carbonyl (C=O) groups is 1. The zero-order chi connectivity index (χ0) is 17.3. The summed E-state index contributed by atoms with van der Waals surface area (Å²) in [7, 11) is -3.87. The highest BCUT2D eigenvalue weighted by molar-refractivity contribution is 8.19. The number of hydrogen-bond acceptors (Lipinski definition) is 5. The number of nitrogens with zero attached hydrogens (tertiary/aromatic N) is 1. The molecule has 8 heteroatoms. The second kappa shape index (κ2) is 6.29. The van der Waals surface area contributed by atoms with E-state index in [1.54, 1.807) is 37.3 Å².